The number of rotatable bonds is 3. The number of urea groups is 1. The van der Waals surface area contributed by atoms with E-state index >= 15 is 0 Å². The van der Waals surface area contributed by atoms with E-state index in [2.05, 4.69) is 30.5 Å². The Hall–Kier alpha value is -1.51. The van der Waals surface area contributed by atoms with Crippen molar-refractivity contribution in [3.8, 4) is 0 Å². The third-order valence-corrected chi connectivity index (χ3v) is 3.75. The smallest absolute Gasteiger partial charge is 0.319 e. The second kappa shape index (κ2) is 6.60. The second-order valence-corrected chi connectivity index (χ2v) is 5.71. The van der Waals surface area contributed by atoms with E-state index in [1.165, 1.54) is 24.8 Å². The molecule has 0 aliphatic heterocycles. The summed E-state index contributed by atoms with van der Waals surface area (Å²) in [6, 6.07) is 8.34. The van der Waals surface area contributed by atoms with Gasteiger partial charge in [-0.1, -0.05) is 45.2 Å². The summed E-state index contributed by atoms with van der Waals surface area (Å²) in [5.74, 6) is 0.475. The van der Waals surface area contributed by atoms with E-state index in [0.29, 0.717) is 12.0 Å². The maximum Gasteiger partial charge on any atom is 0.319 e. The lowest BCUT2D eigenvalue weighted by atomic mass is 9.96. The van der Waals surface area contributed by atoms with Crippen LogP contribution in [0.5, 0.6) is 0 Å². The van der Waals surface area contributed by atoms with Crippen LogP contribution < -0.4 is 10.6 Å². The van der Waals surface area contributed by atoms with Crippen molar-refractivity contribution < 1.29 is 4.79 Å². The Balaban J connectivity index is 1.89. The lowest BCUT2D eigenvalue weighted by Crippen LogP contribution is -2.39. The number of benzene rings is 1. The fourth-order valence-corrected chi connectivity index (χ4v) is 2.58. The fraction of sp³-hybridized carbons (Fsp3) is 0.562. The van der Waals surface area contributed by atoms with E-state index in [1.807, 2.05) is 18.2 Å². The van der Waals surface area contributed by atoms with Crippen LogP contribution in [-0.4, -0.2) is 12.1 Å². The van der Waals surface area contributed by atoms with Crippen molar-refractivity contribution in [1.29, 1.82) is 0 Å². The van der Waals surface area contributed by atoms with Crippen LogP contribution in [0.3, 0.4) is 0 Å². The molecule has 1 aromatic rings. The molecule has 0 saturated heterocycles. The highest BCUT2D eigenvalue weighted by molar-refractivity contribution is 5.89. The van der Waals surface area contributed by atoms with Crippen molar-refractivity contribution in [1.82, 2.24) is 5.32 Å². The molecule has 3 nitrogen and oxygen atoms in total. The molecule has 104 valence electrons. The normalized spacial score (nSPS) is 16.4. The summed E-state index contributed by atoms with van der Waals surface area (Å²) < 4.78 is 0. The van der Waals surface area contributed by atoms with Gasteiger partial charge in [0.2, 0.25) is 0 Å². The summed E-state index contributed by atoms with van der Waals surface area (Å²) >= 11 is 0. The van der Waals surface area contributed by atoms with E-state index < -0.39 is 0 Å². The summed E-state index contributed by atoms with van der Waals surface area (Å²) in [6.45, 7) is 4.31. The maximum atomic E-state index is 11.9. The van der Waals surface area contributed by atoms with Crippen LogP contribution >= 0.6 is 0 Å². The molecule has 1 aliphatic carbocycles. The first-order valence-electron chi connectivity index (χ1n) is 7.32. The monoisotopic (exact) mass is 260 g/mol. The predicted octanol–water partition coefficient (Wildman–Crippen LogP) is 4.26. The first-order valence-corrected chi connectivity index (χ1v) is 7.32. The van der Waals surface area contributed by atoms with Crippen molar-refractivity contribution in [3.63, 3.8) is 0 Å². The van der Waals surface area contributed by atoms with Crippen molar-refractivity contribution in [3.05, 3.63) is 29.8 Å². The van der Waals surface area contributed by atoms with Gasteiger partial charge in [-0.2, -0.15) is 0 Å². The number of hydrogen-bond donors (Lipinski definition) is 2. The molecule has 0 bridgehead atoms. The quantitative estimate of drug-likeness (QED) is 0.837. The van der Waals surface area contributed by atoms with Gasteiger partial charge in [0.25, 0.3) is 0 Å². The molecule has 0 atom stereocenters. The van der Waals surface area contributed by atoms with Crippen LogP contribution in [0.4, 0.5) is 10.5 Å². The summed E-state index contributed by atoms with van der Waals surface area (Å²) in [5.41, 5.74) is 2.12. The topological polar surface area (TPSA) is 41.1 Å². The van der Waals surface area contributed by atoms with Gasteiger partial charge >= 0.3 is 6.03 Å². The maximum absolute atomic E-state index is 11.9. The van der Waals surface area contributed by atoms with Gasteiger partial charge in [0, 0.05) is 11.7 Å². The predicted molar refractivity (Wildman–Crippen MR) is 79.6 cm³/mol. The highest BCUT2D eigenvalue weighted by atomic mass is 16.2. The number of nitrogens with one attached hydrogen (secondary N) is 2. The second-order valence-electron chi connectivity index (χ2n) is 5.71. The van der Waals surface area contributed by atoms with Crippen molar-refractivity contribution in [2.24, 2.45) is 0 Å². The summed E-state index contributed by atoms with van der Waals surface area (Å²) in [4.78, 5) is 11.9. The molecule has 1 aliphatic rings. The Bertz CT molecular complexity index is 423. The molecule has 1 saturated carbocycles. The molecule has 0 heterocycles. The molecule has 19 heavy (non-hydrogen) atoms. The molecule has 0 radical (unpaired) electrons. The minimum Gasteiger partial charge on any atom is -0.335 e. The largest absolute Gasteiger partial charge is 0.335 e. The average Bonchev–Trinajstić information content (AvgIpc) is 2.40. The number of anilines is 1. The van der Waals surface area contributed by atoms with Crippen molar-refractivity contribution in [2.45, 2.75) is 57.9 Å². The van der Waals surface area contributed by atoms with Gasteiger partial charge in [-0.05, 0) is 36.5 Å². The van der Waals surface area contributed by atoms with Gasteiger partial charge in [0.05, 0.1) is 0 Å². The lowest BCUT2D eigenvalue weighted by molar-refractivity contribution is 0.244. The average molecular weight is 260 g/mol. The zero-order valence-corrected chi connectivity index (χ0v) is 11.9. The van der Waals surface area contributed by atoms with Crippen molar-refractivity contribution >= 4 is 11.7 Å². The Morgan fingerprint density at radius 3 is 2.63 bits per heavy atom. The summed E-state index contributed by atoms with van der Waals surface area (Å²) in [5, 5.41) is 6.00. The standard InChI is InChI=1S/C16H24N2O/c1-12(2)13-7-6-10-15(11-13)18-16(19)17-14-8-4-3-5-9-14/h6-7,10-12,14H,3-5,8-9H2,1-2H3,(H2,17,18,19). The van der Waals surface area contributed by atoms with Crippen LogP contribution in [0, 0.1) is 0 Å². The highest BCUT2D eigenvalue weighted by Crippen LogP contribution is 2.19. The van der Waals surface area contributed by atoms with E-state index in [4.69, 9.17) is 0 Å². The van der Waals surface area contributed by atoms with E-state index in [9.17, 15) is 4.79 Å². The first-order chi connectivity index (χ1) is 9.15. The third-order valence-electron chi connectivity index (χ3n) is 3.75. The van der Waals surface area contributed by atoms with Gasteiger partial charge in [-0.25, -0.2) is 4.79 Å². The zero-order valence-electron chi connectivity index (χ0n) is 11.9. The molecule has 1 aromatic carbocycles. The Labute approximate surface area is 115 Å². The molecule has 0 aromatic heterocycles. The molecule has 1 fully saturated rings. The zero-order chi connectivity index (χ0) is 13.7. The van der Waals surface area contributed by atoms with Crippen LogP contribution in [0.1, 0.15) is 57.4 Å². The summed E-state index contributed by atoms with van der Waals surface area (Å²) in [6.07, 6.45) is 5.98. The third kappa shape index (κ3) is 4.27. The van der Waals surface area contributed by atoms with Gasteiger partial charge in [-0.15, -0.1) is 0 Å². The SMILES string of the molecule is CC(C)c1cccc(NC(=O)NC2CCCCC2)c1. The Morgan fingerprint density at radius 1 is 1.21 bits per heavy atom. The van der Waals surface area contributed by atoms with Gasteiger partial charge < -0.3 is 10.6 Å². The first kappa shape index (κ1) is 13.9. The van der Waals surface area contributed by atoms with Crippen LogP contribution in [0.2, 0.25) is 0 Å². The number of amides is 2. The van der Waals surface area contributed by atoms with Gasteiger partial charge in [0.15, 0.2) is 0 Å². The molecular formula is C16H24N2O. The van der Waals surface area contributed by atoms with Crippen LogP contribution in [-0.2, 0) is 0 Å². The number of carbonyl (C=O) groups excluding carboxylic acids is 1. The van der Waals surface area contributed by atoms with Crippen molar-refractivity contribution in [2.75, 3.05) is 5.32 Å². The molecule has 3 heteroatoms. The van der Waals surface area contributed by atoms with Crippen LogP contribution in [0.15, 0.2) is 24.3 Å². The minimum absolute atomic E-state index is 0.0761. The minimum atomic E-state index is -0.0761. The summed E-state index contributed by atoms with van der Waals surface area (Å²) in [7, 11) is 0. The fourth-order valence-electron chi connectivity index (χ4n) is 2.58. The van der Waals surface area contributed by atoms with E-state index in [1.54, 1.807) is 0 Å². The lowest BCUT2D eigenvalue weighted by Gasteiger charge is -2.23. The molecule has 2 amide bonds. The Morgan fingerprint density at radius 2 is 1.95 bits per heavy atom. The molecule has 0 spiro atoms. The molecular weight excluding hydrogens is 236 g/mol. The van der Waals surface area contributed by atoms with Crippen LogP contribution in [0.25, 0.3) is 0 Å². The molecule has 0 unspecified atom stereocenters. The van der Waals surface area contributed by atoms with E-state index in [-0.39, 0.29) is 6.03 Å². The van der Waals surface area contributed by atoms with Gasteiger partial charge in [-0.3, -0.25) is 0 Å². The molecule has 2 N–H and O–H groups in total. The highest BCUT2D eigenvalue weighted by Gasteiger charge is 2.15. The van der Waals surface area contributed by atoms with E-state index in [0.717, 1.165) is 18.5 Å². The van der Waals surface area contributed by atoms with Gasteiger partial charge in [0.1, 0.15) is 0 Å². The number of carbonyl (C=O) groups is 1. The Kier molecular flexibility index (Phi) is 4.83. The molecule has 2 rings (SSSR count). The number of hydrogen-bond acceptors (Lipinski definition) is 1.